The smallest absolute Gasteiger partial charge is 0.268 e. The first-order valence-electron chi connectivity index (χ1n) is 6.30. The van der Waals surface area contributed by atoms with E-state index in [-0.39, 0.29) is 0 Å². The van der Waals surface area contributed by atoms with E-state index in [1.807, 2.05) is 13.0 Å². The zero-order valence-electron chi connectivity index (χ0n) is 11.4. The molecule has 0 aliphatic rings. The Hall–Kier alpha value is -2.36. The summed E-state index contributed by atoms with van der Waals surface area (Å²) >= 11 is 0. The van der Waals surface area contributed by atoms with Crippen molar-refractivity contribution < 1.29 is 4.68 Å². The summed E-state index contributed by atoms with van der Waals surface area (Å²) in [4.78, 5) is 4.15. The molecule has 0 aliphatic carbocycles. The van der Waals surface area contributed by atoms with E-state index in [2.05, 4.69) is 41.6 Å². The van der Waals surface area contributed by atoms with E-state index in [9.17, 15) is 0 Å². The van der Waals surface area contributed by atoms with Gasteiger partial charge in [0.15, 0.2) is 5.52 Å². The minimum atomic E-state index is 0.933. The monoisotopic (exact) mass is 253 g/mol. The second-order valence-corrected chi connectivity index (χ2v) is 4.86. The second kappa shape index (κ2) is 4.09. The van der Waals surface area contributed by atoms with Crippen LogP contribution >= 0.6 is 0 Å². The fourth-order valence-electron chi connectivity index (χ4n) is 2.65. The normalized spacial score (nSPS) is 11.1. The minimum absolute atomic E-state index is 0.933. The average molecular weight is 253 g/mol. The molecule has 4 heteroatoms. The standard InChI is InChI=1S/C15H17N4/c1-10-5-4-6-11(2)15(10)18-12(3)19(16)14-9-17-8-7-13(14)18/h4-9H,16H2,1-3H3/q+1. The number of nitrogen functional groups attached to an aromatic ring is 1. The maximum absolute atomic E-state index is 6.13. The van der Waals surface area contributed by atoms with Crippen LogP contribution in [0.4, 0.5) is 0 Å². The van der Waals surface area contributed by atoms with E-state index in [1.54, 1.807) is 17.1 Å². The van der Waals surface area contributed by atoms with E-state index in [0.717, 1.165) is 16.9 Å². The van der Waals surface area contributed by atoms with Gasteiger partial charge in [-0.2, -0.15) is 4.57 Å². The predicted molar refractivity (Wildman–Crippen MR) is 75.6 cm³/mol. The lowest BCUT2D eigenvalue weighted by atomic mass is 10.1. The lowest BCUT2D eigenvalue weighted by Gasteiger charge is -2.07. The zero-order chi connectivity index (χ0) is 13.6. The van der Waals surface area contributed by atoms with Gasteiger partial charge in [-0.15, -0.1) is 4.68 Å². The number of hydrogen-bond donors (Lipinski definition) is 1. The summed E-state index contributed by atoms with van der Waals surface area (Å²) in [6, 6.07) is 8.32. The third kappa shape index (κ3) is 1.60. The molecule has 2 aromatic heterocycles. The van der Waals surface area contributed by atoms with E-state index in [1.165, 1.54) is 16.8 Å². The SMILES string of the molecule is Cc1cccc(C)c1-n1c(C)[n+](N)c2cnccc21. The number of fused-ring (bicyclic) bond motifs is 1. The van der Waals surface area contributed by atoms with Crippen LogP contribution in [-0.2, 0) is 0 Å². The van der Waals surface area contributed by atoms with Gasteiger partial charge in [-0.25, -0.2) is 0 Å². The van der Waals surface area contributed by atoms with Crippen LogP contribution in [0.1, 0.15) is 17.0 Å². The van der Waals surface area contributed by atoms with Crippen LogP contribution < -0.4 is 10.5 Å². The Kier molecular flexibility index (Phi) is 2.52. The number of imidazole rings is 1. The number of nitrogens with zero attached hydrogens (tertiary/aromatic N) is 3. The molecule has 3 rings (SSSR count). The van der Waals surface area contributed by atoms with Crippen LogP contribution in [0.5, 0.6) is 0 Å². The third-order valence-corrected chi connectivity index (χ3v) is 3.61. The summed E-state index contributed by atoms with van der Waals surface area (Å²) in [5.41, 5.74) is 5.67. The van der Waals surface area contributed by atoms with E-state index < -0.39 is 0 Å². The summed E-state index contributed by atoms with van der Waals surface area (Å²) in [6.45, 7) is 6.26. The van der Waals surface area contributed by atoms with Gasteiger partial charge in [-0.3, -0.25) is 10.8 Å². The molecule has 0 atom stereocenters. The Balaban J connectivity index is 2.47. The summed E-state index contributed by atoms with van der Waals surface area (Å²) in [6.07, 6.45) is 3.60. The Labute approximate surface area is 112 Å². The third-order valence-electron chi connectivity index (χ3n) is 3.61. The zero-order valence-corrected chi connectivity index (χ0v) is 11.4. The van der Waals surface area contributed by atoms with Crippen LogP contribution in [0.3, 0.4) is 0 Å². The largest absolute Gasteiger partial charge is 0.282 e. The molecule has 0 fully saturated rings. The van der Waals surface area contributed by atoms with Gasteiger partial charge in [0.1, 0.15) is 5.69 Å². The summed E-state index contributed by atoms with van der Waals surface area (Å²) in [5, 5.41) is 0. The molecule has 2 heterocycles. The summed E-state index contributed by atoms with van der Waals surface area (Å²) in [7, 11) is 0. The highest BCUT2D eigenvalue weighted by atomic mass is 15.4. The highest BCUT2D eigenvalue weighted by molar-refractivity contribution is 5.74. The van der Waals surface area contributed by atoms with E-state index in [4.69, 9.17) is 5.84 Å². The number of para-hydroxylation sites is 1. The molecule has 1 aromatic carbocycles. The molecular weight excluding hydrogens is 236 g/mol. The molecule has 0 saturated heterocycles. The molecule has 3 aromatic rings. The van der Waals surface area contributed by atoms with Gasteiger partial charge in [0.05, 0.1) is 6.20 Å². The van der Waals surface area contributed by atoms with Crippen molar-refractivity contribution in [1.82, 2.24) is 9.55 Å². The van der Waals surface area contributed by atoms with Crippen molar-refractivity contribution in [2.24, 2.45) is 0 Å². The molecule has 0 saturated carbocycles. The average Bonchev–Trinajstić information content (AvgIpc) is 2.64. The quantitative estimate of drug-likeness (QED) is 0.532. The maximum Gasteiger partial charge on any atom is 0.282 e. The number of aromatic nitrogens is 3. The van der Waals surface area contributed by atoms with Crippen molar-refractivity contribution >= 4 is 11.0 Å². The molecular formula is C15H17N4+. The highest BCUT2D eigenvalue weighted by Crippen LogP contribution is 2.24. The maximum atomic E-state index is 6.13. The second-order valence-electron chi connectivity index (χ2n) is 4.86. The Bertz CT molecular complexity index is 751. The molecule has 0 amide bonds. The van der Waals surface area contributed by atoms with Crippen molar-refractivity contribution in [1.29, 1.82) is 0 Å². The van der Waals surface area contributed by atoms with Gasteiger partial charge < -0.3 is 0 Å². The van der Waals surface area contributed by atoms with Gasteiger partial charge in [0.25, 0.3) is 5.82 Å². The molecule has 0 aliphatic heterocycles. The first kappa shape index (κ1) is 11.7. The molecule has 0 radical (unpaired) electrons. The van der Waals surface area contributed by atoms with Gasteiger partial charge in [-0.05, 0) is 25.0 Å². The molecule has 4 nitrogen and oxygen atoms in total. The van der Waals surface area contributed by atoms with Crippen LogP contribution in [0.25, 0.3) is 16.7 Å². The minimum Gasteiger partial charge on any atom is -0.268 e. The Morgan fingerprint density at radius 2 is 1.79 bits per heavy atom. The van der Waals surface area contributed by atoms with Crippen molar-refractivity contribution in [3.8, 4) is 5.69 Å². The van der Waals surface area contributed by atoms with Gasteiger partial charge in [0, 0.05) is 19.2 Å². The Morgan fingerprint density at radius 3 is 2.47 bits per heavy atom. The van der Waals surface area contributed by atoms with Crippen LogP contribution in [0, 0.1) is 20.8 Å². The fraction of sp³-hybridized carbons (Fsp3) is 0.200. The topological polar surface area (TPSA) is 47.7 Å². The van der Waals surface area contributed by atoms with Crippen molar-refractivity contribution in [2.45, 2.75) is 20.8 Å². The van der Waals surface area contributed by atoms with Crippen LogP contribution in [0.2, 0.25) is 0 Å². The number of pyridine rings is 1. The van der Waals surface area contributed by atoms with Crippen LogP contribution in [-0.4, -0.2) is 9.55 Å². The first-order chi connectivity index (χ1) is 9.11. The van der Waals surface area contributed by atoms with Crippen molar-refractivity contribution in [2.75, 3.05) is 5.84 Å². The van der Waals surface area contributed by atoms with Gasteiger partial charge >= 0.3 is 0 Å². The first-order valence-corrected chi connectivity index (χ1v) is 6.30. The van der Waals surface area contributed by atoms with Crippen molar-refractivity contribution in [3.05, 3.63) is 53.6 Å². The van der Waals surface area contributed by atoms with Crippen molar-refractivity contribution in [3.63, 3.8) is 0 Å². The molecule has 0 spiro atoms. The van der Waals surface area contributed by atoms with Crippen LogP contribution in [0.15, 0.2) is 36.7 Å². The number of benzene rings is 1. The molecule has 0 unspecified atom stereocenters. The van der Waals surface area contributed by atoms with Gasteiger partial charge in [-0.1, -0.05) is 18.2 Å². The summed E-state index contributed by atoms with van der Waals surface area (Å²) < 4.78 is 3.88. The lowest BCUT2D eigenvalue weighted by molar-refractivity contribution is -0.619. The summed E-state index contributed by atoms with van der Waals surface area (Å²) in [5.74, 6) is 7.12. The Morgan fingerprint density at radius 1 is 1.11 bits per heavy atom. The number of rotatable bonds is 1. The predicted octanol–water partition coefficient (Wildman–Crippen LogP) is 1.95. The number of hydrogen-bond acceptors (Lipinski definition) is 2. The fourth-order valence-corrected chi connectivity index (χ4v) is 2.65. The highest BCUT2D eigenvalue weighted by Gasteiger charge is 2.23. The molecule has 0 bridgehead atoms. The number of nitrogens with two attached hydrogens (primary N) is 1. The van der Waals surface area contributed by atoms with E-state index >= 15 is 0 Å². The van der Waals surface area contributed by atoms with E-state index in [0.29, 0.717) is 0 Å². The molecule has 2 N–H and O–H groups in total. The lowest BCUT2D eigenvalue weighted by Crippen LogP contribution is -2.46. The number of aryl methyl sites for hydroxylation is 2. The molecule has 96 valence electrons. The van der Waals surface area contributed by atoms with Gasteiger partial charge in [0.2, 0.25) is 5.52 Å². The molecule has 19 heavy (non-hydrogen) atoms.